The van der Waals surface area contributed by atoms with Gasteiger partial charge in [0.15, 0.2) is 0 Å². The Balaban J connectivity index is 1.75. The van der Waals surface area contributed by atoms with Gasteiger partial charge in [0.25, 0.3) is 0 Å². The van der Waals surface area contributed by atoms with E-state index in [9.17, 15) is 0 Å². The highest BCUT2D eigenvalue weighted by molar-refractivity contribution is 5.35. The van der Waals surface area contributed by atoms with Crippen LogP contribution in [0.1, 0.15) is 48.3 Å². The highest BCUT2D eigenvalue weighted by Gasteiger charge is 2.26. The highest BCUT2D eigenvalue weighted by atomic mass is 14.9. The van der Waals surface area contributed by atoms with E-state index in [1.807, 2.05) is 0 Å². The molecule has 0 unspecified atom stereocenters. The van der Waals surface area contributed by atoms with Gasteiger partial charge in [0.1, 0.15) is 0 Å². The molecule has 0 amide bonds. The minimum absolute atomic E-state index is 0.829. The number of nitrogens with zero attached hydrogens (tertiary/aromatic N) is 1. The highest BCUT2D eigenvalue weighted by Crippen LogP contribution is 2.42. The summed E-state index contributed by atoms with van der Waals surface area (Å²) in [7, 11) is 0. The van der Waals surface area contributed by atoms with Crippen LogP contribution in [0.4, 0.5) is 0 Å². The molecule has 1 aromatic heterocycles. The predicted molar refractivity (Wildman–Crippen MR) is 70.2 cm³/mol. The standard InChI is InChI=1S/C15H22N2/c1-11-14(8-12-4-6-16-7-5-12)9-17-10-15(11)13-2-3-13/h9-10,12-13,16H,2-8H2,1H3. The van der Waals surface area contributed by atoms with Gasteiger partial charge in [0, 0.05) is 12.4 Å². The van der Waals surface area contributed by atoms with Gasteiger partial charge in [0.05, 0.1) is 0 Å². The Labute approximate surface area is 104 Å². The Hall–Kier alpha value is -0.890. The zero-order valence-corrected chi connectivity index (χ0v) is 10.7. The smallest absolute Gasteiger partial charge is 0.0305 e. The summed E-state index contributed by atoms with van der Waals surface area (Å²) < 4.78 is 0. The number of hydrogen-bond acceptors (Lipinski definition) is 2. The topological polar surface area (TPSA) is 24.9 Å². The molecular formula is C15H22N2. The SMILES string of the molecule is Cc1c(CC2CCNCC2)cncc1C1CC1. The summed E-state index contributed by atoms with van der Waals surface area (Å²) in [5.74, 6) is 1.70. The van der Waals surface area contributed by atoms with Crippen molar-refractivity contribution in [3.63, 3.8) is 0 Å². The van der Waals surface area contributed by atoms with E-state index in [1.54, 1.807) is 0 Å². The van der Waals surface area contributed by atoms with Gasteiger partial charge in [-0.25, -0.2) is 0 Å². The second-order valence-corrected chi connectivity index (χ2v) is 5.68. The van der Waals surface area contributed by atoms with Crippen molar-refractivity contribution in [3.8, 4) is 0 Å². The lowest BCUT2D eigenvalue weighted by atomic mass is 9.89. The molecule has 0 aromatic carbocycles. The first-order chi connectivity index (χ1) is 8.34. The number of aromatic nitrogens is 1. The molecule has 1 saturated heterocycles. The monoisotopic (exact) mass is 230 g/mol. The second-order valence-electron chi connectivity index (χ2n) is 5.68. The summed E-state index contributed by atoms with van der Waals surface area (Å²) >= 11 is 0. The van der Waals surface area contributed by atoms with Crippen molar-refractivity contribution < 1.29 is 0 Å². The lowest BCUT2D eigenvalue weighted by Crippen LogP contribution is -2.28. The van der Waals surface area contributed by atoms with Gasteiger partial charge in [-0.1, -0.05) is 0 Å². The molecule has 92 valence electrons. The van der Waals surface area contributed by atoms with Crippen LogP contribution < -0.4 is 5.32 Å². The van der Waals surface area contributed by atoms with E-state index in [4.69, 9.17) is 0 Å². The Bertz CT molecular complexity index is 390. The number of nitrogens with one attached hydrogen (secondary N) is 1. The van der Waals surface area contributed by atoms with Gasteiger partial charge in [-0.15, -0.1) is 0 Å². The first-order valence-electron chi connectivity index (χ1n) is 6.98. The van der Waals surface area contributed by atoms with Crippen LogP contribution in [0.2, 0.25) is 0 Å². The Morgan fingerprint density at radius 3 is 2.65 bits per heavy atom. The minimum Gasteiger partial charge on any atom is -0.317 e. The molecule has 0 radical (unpaired) electrons. The zero-order valence-electron chi connectivity index (χ0n) is 10.7. The molecule has 1 saturated carbocycles. The molecular weight excluding hydrogens is 208 g/mol. The Morgan fingerprint density at radius 1 is 1.18 bits per heavy atom. The van der Waals surface area contributed by atoms with Crippen LogP contribution >= 0.6 is 0 Å². The van der Waals surface area contributed by atoms with E-state index >= 15 is 0 Å². The van der Waals surface area contributed by atoms with E-state index in [0.717, 1.165) is 11.8 Å². The molecule has 1 aliphatic heterocycles. The lowest BCUT2D eigenvalue weighted by Gasteiger charge is -2.23. The summed E-state index contributed by atoms with van der Waals surface area (Å²) in [6.45, 7) is 4.69. The average Bonchev–Trinajstić information content (AvgIpc) is 3.17. The summed E-state index contributed by atoms with van der Waals surface area (Å²) in [6.07, 6.45) is 10.8. The fourth-order valence-corrected chi connectivity index (χ4v) is 3.00. The van der Waals surface area contributed by atoms with Crippen molar-refractivity contribution in [3.05, 3.63) is 29.1 Å². The normalized spacial score (nSPS) is 21.7. The van der Waals surface area contributed by atoms with Gasteiger partial charge in [-0.2, -0.15) is 0 Å². The molecule has 0 spiro atoms. The van der Waals surface area contributed by atoms with Gasteiger partial charge in [-0.05, 0) is 80.6 Å². The van der Waals surface area contributed by atoms with Crippen molar-refractivity contribution in [1.29, 1.82) is 0 Å². The van der Waals surface area contributed by atoms with Crippen LogP contribution in [0.5, 0.6) is 0 Å². The number of rotatable bonds is 3. The minimum atomic E-state index is 0.829. The maximum absolute atomic E-state index is 4.46. The van der Waals surface area contributed by atoms with Crippen molar-refractivity contribution in [1.82, 2.24) is 10.3 Å². The van der Waals surface area contributed by atoms with Gasteiger partial charge < -0.3 is 5.32 Å². The third kappa shape index (κ3) is 2.52. The fourth-order valence-electron chi connectivity index (χ4n) is 3.00. The molecule has 1 aliphatic carbocycles. The molecule has 2 aliphatic rings. The third-order valence-corrected chi connectivity index (χ3v) is 4.34. The van der Waals surface area contributed by atoms with Crippen molar-refractivity contribution in [2.45, 2.75) is 44.9 Å². The van der Waals surface area contributed by atoms with Gasteiger partial charge in [-0.3, -0.25) is 4.98 Å². The second kappa shape index (κ2) is 4.77. The van der Waals surface area contributed by atoms with Gasteiger partial charge >= 0.3 is 0 Å². The summed E-state index contributed by atoms with van der Waals surface area (Å²) in [5, 5.41) is 3.44. The summed E-state index contributed by atoms with van der Waals surface area (Å²) in [4.78, 5) is 4.46. The molecule has 2 fully saturated rings. The van der Waals surface area contributed by atoms with Crippen LogP contribution in [0.15, 0.2) is 12.4 Å². The maximum Gasteiger partial charge on any atom is 0.0305 e. The molecule has 2 heterocycles. The Morgan fingerprint density at radius 2 is 1.94 bits per heavy atom. The van der Waals surface area contributed by atoms with Crippen molar-refractivity contribution >= 4 is 0 Å². The van der Waals surface area contributed by atoms with Crippen LogP contribution in [0, 0.1) is 12.8 Å². The van der Waals surface area contributed by atoms with Crippen LogP contribution in [0.3, 0.4) is 0 Å². The summed E-state index contributed by atoms with van der Waals surface area (Å²) in [6, 6.07) is 0. The average molecular weight is 230 g/mol. The maximum atomic E-state index is 4.46. The third-order valence-electron chi connectivity index (χ3n) is 4.34. The largest absolute Gasteiger partial charge is 0.317 e. The zero-order chi connectivity index (χ0) is 11.7. The van der Waals surface area contributed by atoms with Crippen molar-refractivity contribution in [2.75, 3.05) is 13.1 Å². The molecule has 17 heavy (non-hydrogen) atoms. The fraction of sp³-hybridized carbons (Fsp3) is 0.667. The number of hydrogen-bond donors (Lipinski definition) is 1. The van der Waals surface area contributed by atoms with Crippen molar-refractivity contribution in [2.24, 2.45) is 5.92 Å². The number of pyridine rings is 1. The van der Waals surface area contributed by atoms with Crippen LogP contribution in [-0.2, 0) is 6.42 Å². The molecule has 1 aromatic rings. The van der Waals surface area contributed by atoms with Crippen LogP contribution in [0.25, 0.3) is 0 Å². The molecule has 0 atom stereocenters. The lowest BCUT2D eigenvalue weighted by molar-refractivity contribution is 0.372. The van der Waals surface area contributed by atoms with Crippen LogP contribution in [-0.4, -0.2) is 18.1 Å². The van der Waals surface area contributed by atoms with E-state index < -0.39 is 0 Å². The molecule has 1 N–H and O–H groups in total. The quantitative estimate of drug-likeness (QED) is 0.863. The molecule has 2 heteroatoms. The first kappa shape index (κ1) is 11.2. The van der Waals surface area contributed by atoms with E-state index in [-0.39, 0.29) is 0 Å². The molecule has 2 nitrogen and oxygen atoms in total. The molecule has 3 rings (SSSR count). The number of piperidine rings is 1. The van der Waals surface area contributed by atoms with Gasteiger partial charge in [0.2, 0.25) is 0 Å². The summed E-state index contributed by atoms with van der Waals surface area (Å²) in [5.41, 5.74) is 4.55. The van der Waals surface area contributed by atoms with E-state index in [2.05, 4.69) is 29.6 Å². The molecule has 0 bridgehead atoms. The first-order valence-corrected chi connectivity index (χ1v) is 6.98. The van der Waals surface area contributed by atoms with E-state index in [0.29, 0.717) is 0 Å². The Kier molecular flexibility index (Phi) is 3.15. The predicted octanol–water partition coefficient (Wildman–Crippen LogP) is 2.81. The van der Waals surface area contributed by atoms with E-state index in [1.165, 1.54) is 61.9 Å².